The standard InChI is InChI=1S/C14H18N2O2/c1-4-18-11(10-8-6-5-7-9-10)12-15-13(17)14(2,3)16-12/h5-9,11H,4H2,1-3H3,(H,15,16,17). The van der Waals surface area contributed by atoms with Crippen molar-refractivity contribution in [3.05, 3.63) is 35.9 Å². The zero-order valence-electron chi connectivity index (χ0n) is 10.9. The van der Waals surface area contributed by atoms with Crippen LogP contribution in [-0.4, -0.2) is 23.9 Å². The monoisotopic (exact) mass is 246 g/mol. The van der Waals surface area contributed by atoms with Crippen molar-refractivity contribution in [2.45, 2.75) is 32.4 Å². The van der Waals surface area contributed by atoms with Crippen molar-refractivity contribution >= 4 is 11.7 Å². The Morgan fingerprint density at radius 1 is 1.33 bits per heavy atom. The predicted molar refractivity (Wildman–Crippen MR) is 70.5 cm³/mol. The van der Waals surface area contributed by atoms with Gasteiger partial charge in [-0.05, 0) is 26.3 Å². The van der Waals surface area contributed by atoms with E-state index in [0.717, 1.165) is 5.56 Å². The molecule has 0 saturated heterocycles. The smallest absolute Gasteiger partial charge is 0.252 e. The minimum atomic E-state index is -0.709. The van der Waals surface area contributed by atoms with Crippen LogP contribution in [0.15, 0.2) is 35.3 Å². The third-order valence-corrected chi connectivity index (χ3v) is 2.88. The number of benzene rings is 1. The SMILES string of the molecule is CCOC(C1=NC(C)(C)C(=O)N1)c1ccccc1. The fraction of sp³-hybridized carbons (Fsp3) is 0.429. The molecule has 1 aromatic carbocycles. The first-order chi connectivity index (χ1) is 8.54. The summed E-state index contributed by atoms with van der Waals surface area (Å²) >= 11 is 0. The number of amidine groups is 1. The van der Waals surface area contributed by atoms with Gasteiger partial charge in [-0.2, -0.15) is 0 Å². The number of ether oxygens (including phenoxy) is 1. The Bertz CT molecular complexity index is 466. The third kappa shape index (κ3) is 2.43. The van der Waals surface area contributed by atoms with Crippen molar-refractivity contribution in [1.29, 1.82) is 0 Å². The summed E-state index contributed by atoms with van der Waals surface area (Å²) in [6.45, 7) is 6.08. The molecule has 1 aromatic rings. The van der Waals surface area contributed by atoms with Gasteiger partial charge in [-0.25, -0.2) is 0 Å². The summed E-state index contributed by atoms with van der Waals surface area (Å²) in [7, 11) is 0. The first-order valence-corrected chi connectivity index (χ1v) is 6.12. The Morgan fingerprint density at radius 3 is 2.50 bits per heavy atom. The van der Waals surface area contributed by atoms with E-state index < -0.39 is 5.54 Å². The second kappa shape index (κ2) is 4.90. The topological polar surface area (TPSA) is 50.7 Å². The maximum Gasteiger partial charge on any atom is 0.252 e. The number of nitrogens with one attached hydrogen (secondary N) is 1. The molecule has 1 atom stereocenters. The van der Waals surface area contributed by atoms with Gasteiger partial charge in [-0.3, -0.25) is 9.79 Å². The van der Waals surface area contributed by atoms with Gasteiger partial charge in [0.2, 0.25) is 0 Å². The molecule has 0 bridgehead atoms. The molecular formula is C14H18N2O2. The van der Waals surface area contributed by atoms with E-state index in [1.165, 1.54) is 0 Å². The lowest BCUT2D eigenvalue weighted by molar-refractivity contribution is -0.122. The number of hydrogen-bond donors (Lipinski definition) is 1. The Balaban J connectivity index is 2.31. The molecule has 18 heavy (non-hydrogen) atoms. The molecule has 0 fully saturated rings. The Hall–Kier alpha value is -1.68. The van der Waals surface area contributed by atoms with Crippen molar-refractivity contribution in [2.24, 2.45) is 4.99 Å². The van der Waals surface area contributed by atoms with E-state index in [1.54, 1.807) is 13.8 Å². The number of nitrogens with zero attached hydrogens (tertiary/aromatic N) is 1. The lowest BCUT2D eigenvalue weighted by atomic mass is 10.1. The van der Waals surface area contributed by atoms with Crippen molar-refractivity contribution in [2.75, 3.05) is 6.61 Å². The zero-order valence-corrected chi connectivity index (χ0v) is 10.9. The lowest BCUT2D eigenvalue weighted by Crippen LogP contribution is -2.36. The van der Waals surface area contributed by atoms with Crippen LogP contribution in [0.5, 0.6) is 0 Å². The molecule has 1 heterocycles. The predicted octanol–water partition coefficient (Wildman–Crippen LogP) is 2.07. The number of aliphatic imine (C=N–C) groups is 1. The molecule has 2 rings (SSSR count). The van der Waals surface area contributed by atoms with E-state index in [1.807, 2.05) is 37.3 Å². The molecule has 0 aromatic heterocycles. The van der Waals surface area contributed by atoms with Gasteiger partial charge in [0, 0.05) is 6.61 Å². The normalized spacial score (nSPS) is 19.3. The minimum absolute atomic E-state index is 0.0851. The summed E-state index contributed by atoms with van der Waals surface area (Å²) in [5, 5.41) is 2.81. The van der Waals surface area contributed by atoms with E-state index >= 15 is 0 Å². The van der Waals surface area contributed by atoms with Crippen LogP contribution in [0, 0.1) is 0 Å². The van der Waals surface area contributed by atoms with E-state index in [2.05, 4.69) is 10.3 Å². The maximum absolute atomic E-state index is 11.8. The Morgan fingerprint density at radius 2 is 2.00 bits per heavy atom. The molecule has 96 valence electrons. The van der Waals surface area contributed by atoms with E-state index in [-0.39, 0.29) is 12.0 Å². The number of amides is 1. The van der Waals surface area contributed by atoms with Gasteiger partial charge in [0.15, 0.2) is 0 Å². The highest BCUT2D eigenvalue weighted by atomic mass is 16.5. The fourth-order valence-corrected chi connectivity index (χ4v) is 1.90. The summed E-state index contributed by atoms with van der Waals surface area (Å²) in [4.78, 5) is 16.2. The van der Waals surface area contributed by atoms with E-state index in [4.69, 9.17) is 4.74 Å². The summed E-state index contributed by atoms with van der Waals surface area (Å²) in [5.41, 5.74) is 0.288. The molecule has 1 aliphatic rings. The molecule has 1 amide bonds. The minimum Gasteiger partial charge on any atom is -0.366 e. The summed E-state index contributed by atoms with van der Waals surface area (Å²) in [6, 6.07) is 9.79. The molecule has 1 N–H and O–H groups in total. The summed E-state index contributed by atoms with van der Waals surface area (Å²) in [6.07, 6.45) is -0.304. The summed E-state index contributed by atoms with van der Waals surface area (Å²) < 4.78 is 5.71. The van der Waals surface area contributed by atoms with Crippen molar-refractivity contribution in [3.8, 4) is 0 Å². The highest BCUT2D eigenvalue weighted by Gasteiger charge is 2.37. The van der Waals surface area contributed by atoms with Crippen LogP contribution in [-0.2, 0) is 9.53 Å². The van der Waals surface area contributed by atoms with Gasteiger partial charge >= 0.3 is 0 Å². The zero-order chi connectivity index (χ0) is 13.2. The van der Waals surface area contributed by atoms with Crippen LogP contribution >= 0.6 is 0 Å². The van der Waals surface area contributed by atoms with Crippen molar-refractivity contribution in [1.82, 2.24) is 5.32 Å². The second-order valence-electron chi connectivity index (χ2n) is 4.76. The maximum atomic E-state index is 11.8. The number of rotatable bonds is 4. The molecule has 1 unspecified atom stereocenters. The van der Waals surface area contributed by atoms with E-state index in [9.17, 15) is 4.79 Å². The largest absolute Gasteiger partial charge is 0.366 e. The first kappa shape index (κ1) is 12.8. The molecule has 0 spiro atoms. The van der Waals surface area contributed by atoms with Gasteiger partial charge in [0.1, 0.15) is 17.5 Å². The average molecular weight is 246 g/mol. The van der Waals surface area contributed by atoms with Gasteiger partial charge in [-0.15, -0.1) is 0 Å². The summed E-state index contributed by atoms with van der Waals surface area (Å²) in [5.74, 6) is 0.510. The quantitative estimate of drug-likeness (QED) is 0.884. The Labute approximate surface area is 107 Å². The van der Waals surface area contributed by atoms with Gasteiger partial charge in [0.25, 0.3) is 5.91 Å². The third-order valence-electron chi connectivity index (χ3n) is 2.88. The van der Waals surface area contributed by atoms with Crippen molar-refractivity contribution < 1.29 is 9.53 Å². The number of hydrogen-bond acceptors (Lipinski definition) is 3. The molecule has 4 nitrogen and oxygen atoms in total. The van der Waals surface area contributed by atoms with Gasteiger partial charge in [-0.1, -0.05) is 30.3 Å². The highest BCUT2D eigenvalue weighted by molar-refractivity contribution is 6.09. The molecule has 1 aliphatic heterocycles. The van der Waals surface area contributed by atoms with Crippen LogP contribution in [0.1, 0.15) is 32.4 Å². The second-order valence-corrected chi connectivity index (χ2v) is 4.76. The first-order valence-electron chi connectivity index (χ1n) is 6.12. The molecule has 4 heteroatoms. The van der Waals surface area contributed by atoms with E-state index in [0.29, 0.717) is 12.4 Å². The van der Waals surface area contributed by atoms with Gasteiger partial charge in [0.05, 0.1) is 0 Å². The molecule has 0 aliphatic carbocycles. The number of carbonyl (C=O) groups excluding carboxylic acids is 1. The van der Waals surface area contributed by atoms with Gasteiger partial charge < -0.3 is 10.1 Å². The lowest BCUT2D eigenvalue weighted by Gasteiger charge is -2.17. The Kier molecular flexibility index (Phi) is 3.48. The van der Waals surface area contributed by atoms with Crippen LogP contribution in [0.4, 0.5) is 0 Å². The highest BCUT2D eigenvalue weighted by Crippen LogP contribution is 2.24. The van der Waals surface area contributed by atoms with Crippen molar-refractivity contribution in [3.63, 3.8) is 0 Å². The molecule has 0 saturated carbocycles. The number of carbonyl (C=O) groups is 1. The van der Waals surface area contributed by atoms with Crippen LogP contribution in [0.25, 0.3) is 0 Å². The average Bonchev–Trinajstić information content (AvgIpc) is 2.62. The van der Waals surface area contributed by atoms with Crippen LogP contribution in [0.2, 0.25) is 0 Å². The molecule has 0 radical (unpaired) electrons. The van der Waals surface area contributed by atoms with Crippen LogP contribution in [0.3, 0.4) is 0 Å². The van der Waals surface area contributed by atoms with Crippen LogP contribution < -0.4 is 5.32 Å². The fourth-order valence-electron chi connectivity index (χ4n) is 1.90. The molecular weight excluding hydrogens is 228 g/mol.